The Morgan fingerprint density at radius 1 is 1.29 bits per heavy atom. The van der Waals surface area contributed by atoms with Crippen LogP contribution >= 0.6 is 12.6 Å². The molecule has 0 aromatic heterocycles. The molecule has 0 unspecified atom stereocenters. The van der Waals surface area contributed by atoms with E-state index in [0.29, 0.717) is 5.88 Å². The molecule has 0 spiro atoms. The van der Waals surface area contributed by atoms with E-state index in [-0.39, 0.29) is 5.41 Å². The maximum atomic E-state index is 5.40. The number of benzene rings is 1. The Morgan fingerprint density at radius 3 is 2.53 bits per heavy atom. The molecule has 1 N–H and O–H groups in total. The molecule has 0 amide bonds. The van der Waals surface area contributed by atoms with Gasteiger partial charge in [-0.25, -0.2) is 0 Å². The second-order valence-corrected chi connectivity index (χ2v) is 5.50. The number of hydrogen-bond donors (Lipinski definition) is 2. The third-order valence-electron chi connectivity index (χ3n) is 2.83. The van der Waals surface area contributed by atoms with Crippen molar-refractivity contribution in [3.05, 3.63) is 29.3 Å². The summed E-state index contributed by atoms with van der Waals surface area (Å²) in [6.07, 6.45) is 0.966. The van der Waals surface area contributed by atoms with Crippen LogP contribution in [0.2, 0.25) is 0 Å². The van der Waals surface area contributed by atoms with Gasteiger partial charge in [0.1, 0.15) is 5.75 Å². The summed E-state index contributed by atoms with van der Waals surface area (Å²) in [4.78, 5) is 0. The molecule has 0 saturated carbocycles. The Morgan fingerprint density at radius 2 is 2.00 bits per heavy atom. The number of nitrogens with one attached hydrogen (secondary N) is 1. The zero-order valence-electron chi connectivity index (χ0n) is 11.2. The van der Waals surface area contributed by atoms with Gasteiger partial charge in [0.2, 0.25) is 0 Å². The van der Waals surface area contributed by atoms with Gasteiger partial charge in [0, 0.05) is 12.4 Å². The summed E-state index contributed by atoms with van der Waals surface area (Å²) in [6.45, 7) is 7.60. The monoisotopic (exact) mass is 253 g/mol. The van der Waals surface area contributed by atoms with Gasteiger partial charge in [0.15, 0.2) is 0 Å². The van der Waals surface area contributed by atoms with Crippen molar-refractivity contribution in [2.75, 3.05) is 19.5 Å². The van der Waals surface area contributed by atoms with Crippen LogP contribution in [0.5, 0.6) is 5.75 Å². The average Bonchev–Trinajstić information content (AvgIpc) is 2.28. The van der Waals surface area contributed by atoms with Crippen molar-refractivity contribution in [2.24, 2.45) is 0 Å². The molecule has 0 aliphatic carbocycles. The Labute approximate surface area is 110 Å². The predicted octanol–water partition coefficient (Wildman–Crippen LogP) is 3.01. The van der Waals surface area contributed by atoms with Gasteiger partial charge in [-0.1, -0.05) is 32.9 Å². The van der Waals surface area contributed by atoms with Gasteiger partial charge >= 0.3 is 0 Å². The average molecular weight is 253 g/mol. The van der Waals surface area contributed by atoms with Crippen molar-refractivity contribution in [3.8, 4) is 5.75 Å². The minimum absolute atomic E-state index is 0.179. The third-order valence-corrected chi connectivity index (χ3v) is 3.05. The van der Waals surface area contributed by atoms with Crippen LogP contribution in [0, 0.1) is 0 Å². The van der Waals surface area contributed by atoms with E-state index < -0.39 is 0 Å². The lowest BCUT2D eigenvalue weighted by atomic mass is 9.85. The third kappa shape index (κ3) is 4.25. The molecule has 0 radical (unpaired) electrons. The fourth-order valence-corrected chi connectivity index (χ4v) is 1.90. The van der Waals surface area contributed by atoms with Crippen LogP contribution in [0.3, 0.4) is 0 Å². The number of methoxy groups -OCH3 is 1. The van der Waals surface area contributed by atoms with Crippen molar-refractivity contribution >= 4 is 12.6 Å². The lowest BCUT2D eigenvalue weighted by Crippen LogP contribution is -2.16. The second kappa shape index (κ2) is 6.31. The standard InChI is InChI=1S/C14H23NOS/c1-14(2,3)12-5-6-13(16-4)11(9-12)7-8-15-10-17/h5-6,9,15,17H,7-8,10H2,1-4H3. The lowest BCUT2D eigenvalue weighted by molar-refractivity contribution is 0.408. The van der Waals surface area contributed by atoms with E-state index >= 15 is 0 Å². The molecule has 1 aromatic carbocycles. The minimum atomic E-state index is 0.179. The van der Waals surface area contributed by atoms with Crippen LogP contribution in [0.4, 0.5) is 0 Å². The Bertz CT molecular complexity index is 358. The highest BCUT2D eigenvalue weighted by atomic mass is 32.1. The van der Waals surface area contributed by atoms with Gasteiger partial charge < -0.3 is 10.1 Å². The van der Waals surface area contributed by atoms with Gasteiger partial charge in [-0.05, 0) is 29.0 Å². The summed E-state index contributed by atoms with van der Waals surface area (Å²) in [7, 11) is 1.72. The van der Waals surface area contributed by atoms with Crippen molar-refractivity contribution in [3.63, 3.8) is 0 Å². The zero-order valence-corrected chi connectivity index (χ0v) is 12.1. The summed E-state index contributed by atoms with van der Waals surface area (Å²) in [5, 5.41) is 3.21. The molecule has 1 aromatic rings. The molecule has 0 aliphatic heterocycles. The van der Waals surface area contributed by atoms with Gasteiger partial charge in [-0.2, -0.15) is 12.6 Å². The fourth-order valence-electron chi connectivity index (χ4n) is 1.74. The summed E-state index contributed by atoms with van der Waals surface area (Å²) in [5.74, 6) is 1.68. The van der Waals surface area contributed by atoms with Crippen molar-refractivity contribution in [2.45, 2.75) is 32.6 Å². The Balaban J connectivity index is 2.90. The highest BCUT2D eigenvalue weighted by Gasteiger charge is 2.15. The van der Waals surface area contributed by atoms with Crippen LogP contribution in [-0.4, -0.2) is 19.5 Å². The molecule has 2 nitrogen and oxygen atoms in total. The molecule has 0 fully saturated rings. The first-order chi connectivity index (χ1) is 7.99. The van der Waals surface area contributed by atoms with Crippen LogP contribution < -0.4 is 10.1 Å². The van der Waals surface area contributed by atoms with E-state index in [2.05, 4.69) is 56.9 Å². The van der Waals surface area contributed by atoms with Crippen LogP contribution in [0.1, 0.15) is 31.9 Å². The summed E-state index contributed by atoms with van der Waals surface area (Å²) < 4.78 is 5.40. The summed E-state index contributed by atoms with van der Waals surface area (Å²) in [6, 6.07) is 6.46. The number of hydrogen-bond acceptors (Lipinski definition) is 3. The Hall–Kier alpha value is -0.670. The van der Waals surface area contributed by atoms with Gasteiger partial charge in [0.05, 0.1) is 7.11 Å². The molecule has 17 heavy (non-hydrogen) atoms. The summed E-state index contributed by atoms with van der Waals surface area (Å²) >= 11 is 4.14. The fraction of sp³-hybridized carbons (Fsp3) is 0.571. The molecule has 3 heteroatoms. The number of thiol groups is 1. The molecular formula is C14H23NOS. The van der Waals surface area contributed by atoms with Crippen molar-refractivity contribution < 1.29 is 4.74 Å². The van der Waals surface area contributed by atoms with Crippen molar-refractivity contribution in [1.82, 2.24) is 5.32 Å². The van der Waals surface area contributed by atoms with E-state index in [1.54, 1.807) is 7.11 Å². The normalized spacial score (nSPS) is 11.6. The van der Waals surface area contributed by atoms with Crippen LogP contribution in [-0.2, 0) is 11.8 Å². The topological polar surface area (TPSA) is 21.3 Å². The maximum Gasteiger partial charge on any atom is 0.122 e. The number of rotatable bonds is 5. The zero-order chi connectivity index (χ0) is 12.9. The molecule has 1 rings (SSSR count). The molecule has 0 atom stereocenters. The lowest BCUT2D eigenvalue weighted by Gasteiger charge is -2.21. The molecule has 0 saturated heterocycles. The smallest absolute Gasteiger partial charge is 0.122 e. The van der Waals surface area contributed by atoms with Crippen LogP contribution in [0.25, 0.3) is 0 Å². The maximum absolute atomic E-state index is 5.40. The summed E-state index contributed by atoms with van der Waals surface area (Å²) in [5.41, 5.74) is 2.78. The first kappa shape index (κ1) is 14.4. The van der Waals surface area contributed by atoms with Gasteiger partial charge in [-0.15, -0.1) is 0 Å². The first-order valence-electron chi connectivity index (χ1n) is 5.98. The highest BCUT2D eigenvalue weighted by molar-refractivity contribution is 7.80. The minimum Gasteiger partial charge on any atom is -0.496 e. The van der Waals surface area contributed by atoms with E-state index in [9.17, 15) is 0 Å². The largest absolute Gasteiger partial charge is 0.496 e. The molecule has 0 heterocycles. The molecule has 0 bridgehead atoms. The molecule has 96 valence electrons. The van der Waals surface area contributed by atoms with Crippen LogP contribution in [0.15, 0.2) is 18.2 Å². The van der Waals surface area contributed by atoms with E-state index in [4.69, 9.17) is 4.74 Å². The van der Waals surface area contributed by atoms with Gasteiger partial charge in [-0.3, -0.25) is 0 Å². The number of ether oxygens (including phenoxy) is 1. The van der Waals surface area contributed by atoms with Gasteiger partial charge in [0.25, 0.3) is 0 Å². The highest BCUT2D eigenvalue weighted by Crippen LogP contribution is 2.28. The Kier molecular flexibility index (Phi) is 5.34. The first-order valence-corrected chi connectivity index (χ1v) is 6.61. The predicted molar refractivity (Wildman–Crippen MR) is 77.3 cm³/mol. The molecule has 0 aliphatic rings. The quantitative estimate of drug-likeness (QED) is 0.478. The SMILES string of the molecule is COc1ccc(C(C)(C)C)cc1CCNCS. The van der Waals surface area contributed by atoms with E-state index in [1.807, 2.05) is 0 Å². The van der Waals surface area contributed by atoms with Crippen molar-refractivity contribution in [1.29, 1.82) is 0 Å². The van der Waals surface area contributed by atoms with E-state index in [1.165, 1.54) is 11.1 Å². The van der Waals surface area contributed by atoms with E-state index in [0.717, 1.165) is 18.7 Å². The molecular weight excluding hydrogens is 230 g/mol. The second-order valence-electron chi connectivity index (χ2n) is 5.18.